The summed E-state index contributed by atoms with van der Waals surface area (Å²) < 4.78 is 42.9. The van der Waals surface area contributed by atoms with E-state index in [0.29, 0.717) is 13.2 Å². The molecule has 0 fully saturated rings. The lowest BCUT2D eigenvalue weighted by Gasteiger charge is -2.23. The number of aliphatic hydroxyl groups is 1. The van der Waals surface area contributed by atoms with Crippen LogP contribution in [-0.4, -0.2) is 43.5 Å². The van der Waals surface area contributed by atoms with Crippen LogP contribution < -0.4 is 4.90 Å². The van der Waals surface area contributed by atoms with E-state index in [1.54, 1.807) is 0 Å². The van der Waals surface area contributed by atoms with Gasteiger partial charge in [-0.3, -0.25) is 0 Å². The maximum absolute atomic E-state index is 12.7. The van der Waals surface area contributed by atoms with Crippen LogP contribution in [0.1, 0.15) is 5.56 Å². The summed E-state index contributed by atoms with van der Waals surface area (Å²) in [6, 6.07) is 1.66. The Hall–Kier alpha value is -1.05. The SMILES string of the molecule is COCCN(CCO)c1cc(C(F)(F)F)cc(Cl)n1. The van der Waals surface area contributed by atoms with Gasteiger partial charge in [0.15, 0.2) is 0 Å². The first kappa shape index (κ1) is 16.0. The zero-order valence-corrected chi connectivity index (χ0v) is 11.0. The van der Waals surface area contributed by atoms with E-state index in [2.05, 4.69) is 4.98 Å². The first-order valence-corrected chi connectivity index (χ1v) is 5.86. The van der Waals surface area contributed by atoms with E-state index in [1.165, 1.54) is 12.0 Å². The van der Waals surface area contributed by atoms with Crippen molar-refractivity contribution in [3.8, 4) is 0 Å². The molecule has 0 unspecified atom stereocenters. The van der Waals surface area contributed by atoms with E-state index < -0.39 is 11.7 Å². The Bertz CT molecular complexity index is 415. The Morgan fingerprint density at radius 3 is 2.58 bits per heavy atom. The zero-order chi connectivity index (χ0) is 14.5. The third kappa shape index (κ3) is 4.85. The number of halogens is 4. The van der Waals surface area contributed by atoms with Crippen molar-refractivity contribution in [3.05, 3.63) is 22.8 Å². The van der Waals surface area contributed by atoms with Crippen LogP contribution in [-0.2, 0) is 10.9 Å². The lowest BCUT2D eigenvalue weighted by atomic mass is 10.2. The van der Waals surface area contributed by atoms with Crippen molar-refractivity contribution in [2.75, 3.05) is 38.3 Å². The summed E-state index contributed by atoms with van der Waals surface area (Å²) in [5.74, 6) is 0.0610. The van der Waals surface area contributed by atoms with Gasteiger partial charge in [0.05, 0.1) is 18.8 Å². The van der Waals surface area contributed by atoms with Crippen LogP contribution in [0.5, 0.6) is 0 Å². The van der Waals surface area contributed by atoms with Gasteiger partial charge in [-0.2, -0.15) is 13.2 Å². The molecule has 0 saturated carbocycles. The number of aromatic nitrogens is 1. The molecule has 1 aromatic heterocycles. The predicted molar refractivity (Wildman–Crippen MR) is 65.4 cm³/mol. The molecule has 0 saturated heterocycles. The lowest BCUT2D eigenvalue weighted by molar-refractivity contribution is -0.137. The van der Waals surface area contributed by atoms with Crippen molar-refractivity contribution >= 4 is 17.4 Å². The first-order chi connectivity index (χ1) is 8.88. The number of pyridine rings is 1. The molecule has 0 amide bonds. The summed E-state index contributed by atoms with van der Waals surface area (Å²) in [6.07, 6.45) is -4.49. The summed E-state index contributed by atoms with van der Waals surface area (Å²) in [4.78, 5) is 5.32. The molecule has 0 bridgehead atoms. The molecule has 0 aliphatic rings. The normalized spacial score (nSPS) is 11.7. The van der Waals surface area contributed by atoms with Crippen molar-refractivity contribution in [1.29, 1.82) is 0 Å². The second-order valence-corrected chi connectivity index (χ2v) is 4.13. The van der Waals surface area contributed by atoms with Gasteiger partial charge < -0.3 is 14.7 Å². The third-order valence-corrected chi connectivity index (χ3v) is 2.56. The minimum atomic E-state index is -4.49. The highest BCUT2D eigenvalue weighted by molar-refractivity contribution is 6.29. The van der Waals surface area contributed by atoms with Gasteiger partial charge in [-0.15, -0.1) is 0 Å². The Balaban J connectivity index is 3.05. The maximum atomic E-state index is 12.7. The van der Waals surface area contributed by atoms with E-state index in [9.17, 15) is 13.2 Å². The van der Waals surface area contributed by atoms with Gasteiger partial charge in [-0.05, 0) is 12.1 Å². The average molecular weight is 299 g/mol. The molecule has 0 aliphatic heterocycles. The molecule has 0 radical (unpaired) electrons. The monoisotopic (exact) mass is 298 g/mol. The molecule has 0 spiro atoms. The molecule has 0 aromatic carbocycles. The molecule has 1 heterocycles. The molecular weight excluding hydrogens is 285 g/mol. The van der Waals surface area contributed by atoms with Gasteiger partial charge in [0.25, 0.3) is 0 Å². The van der Waals surface area contributed by atoms with Crippen molar-refractivity contribution < 1.29 is 23.0 Å². The van der Waals surface area contributed by atoms with E-state index >= 15 is 0 Å². The Kier molecular flexibility index (Phi) is 5.84. The number of nitrogens with zero attached hydrogens (tertiary/aromatic N) is 2. The van der Waals surface area contributed by atoms with Crippen LogP contribution in [0, 0.1) is 0 Å². The average Bonchev–Trinajstić information content (AvgIpc) is 2.32. The maximum Gasteiger partial charge on any atom is 0.416 e. The summed E-state index contributed by atoms with van der Waals surface area (Å²) >= 11 is 5.60. The minimum Gasteiger partial charge on any atom is -0.395 e. The van der Waals surface area contributed by atoms with Gasteiger partial charge in [-0.1, -0.05) is 11.6 Å². The van der Waals surface area contributed by atoms with Crippen molar-refractivity contribution in [2.45, 2.75) is 6.18 Å². The van der Waals surface area contributed by atoms with Crippen LogP contribution in [0.25, 0.3) is 0 Å². The van der Waals surface area contributed by atoms with Crippen molar-refractivity contribution in [3.63, 3.8) is 0 Å². The second-order valence-electron chi connectivity index (χ2n) is 3.74. The molecule has 108 valence electrons. The van der Waals surface area contributed by atoms with Crippen LogP contribution >= 0.6 is 11.6 Å². The first-order valence-electron chi connectivity index (χ1n) is 5.48. The largest absolute Gasteiger partial charge is 0.416 e. The van der Waals surface area contributed by atoms with E-state index in [4.69, 9.17) is 21.4 Å². The predicted octanol–water partition coefficient (Wildman–Crippen LogP) is 2.20. The fourth-order valence-electron chi connectivity index (χ4n) is 1.47. The number of hydrogen-bond donors (Lipinski definition) is 1. The molecule has 8 heteroatoms. The number of hydrogen-bond acceptors (Lipinski definition) is 4. The highest BCUT2D eigenvalue weighted by atomic mass is 35.5. The molecular formula is C11H14ClF3N2O2. The quantitative estimate of drug-likeness (QED) is 0.818. The van der Waals surface area contributed by atoms with Crippen LogP contribution in [0.3, 0.4) is 0 Å². The van der Waals surface area contributed by atoms with Crippen LogP contribution in [0.4, 0.5) is 19.0 Å². The van der Waals surface area contributed by atoms with Crippen molar-refractivity contribution in [2.24, 2.45) is 0 Å². The van der Waals surface area contributed by atoms with Crippen molar-refractivity contribution in [1.82, 2.24) is 4.98 Å². The second kappa shape index (κ2) is 6.93. The van der Waals surface area contributed by atoms with Gasteiger partial charge >= 0.3 is 6.18 Å². The topological polar surface area (TPSA) is 45.6 Å². The molecule has 0 atom stereocenters. The zero-order valence-electron chi connectivity index (χ0n) is 10.2. The summed E-state index contributed by atoms with van der Waals surface area (Å²) in [5.41, 5.74) is -0.872. The Morgan fingerprint density at radius 1 is 1.37 bits per heavy atom. The van der Waals surface area contributed by atoms with E-state index in [0.717, 1.165) is 12.1 Å². The number of ether oxygens (including phenoxy) is 1. The fraction of sp³-hybridized carbons (Fsp3) is 0.545. The van der Waals surface area contributed by atoms with Crippen LogP contribution in [0.2, 0.25) is 5.15 Å². The summed E-state index contributed by atoms with van der Waals surface area (Å²) in [7, 11) is 1.48. The number of methoxy groups -OCH3 is 1. The number of rotatable bonds is 6. The molecule has 1 aromatic rings. The van der Waals surface area contributed by atoms with Gasteiger partial charge in [0.2, 0.25) is 0 Å². The van der Waals surface area contributed by atoms with Gasteiger partial charge in [0.1, 0.15) is 11.0 Å². The van der Waals surface area contributed by atoms with Gasteiger partial charge in [-0.25, -0.2) is 4.98 Å². The fourth-order valence-corrected chi connectivity index (χ4v) is 1.68. The number of alkyl halides is 3. The number of aliphatic hydroxyl groups excluding tert-OH is 1. The third-order valence-electron chi connectivity index (χ3n) is 2.37. The highest BCUT2D eigenvalue weighted by Crippen LogP contribution is 2.32. The van der Waals surface area contributed by atoms with Crippen LogP contribution in [0.15, 0.2) is 12.1 Å². The summed E-state index contributed by atoms with van der Waals surface area (Å²) in [6.45, 7) is 0.546. The standard InChI is InChI=1S/C11H14ClF3N2O2/c1-19-5-3-17(2-4-18)10-7-8(11(13,14)15)6-9(12)16-10/h6-7,18H,2-5H2,1H3. The van der Waals surface area contributed by atoms with E-state index in [-0.39, 0.29) is 24.1 Å². The molecule has 19 heavy (non-hydrogen) atoms. The minimum absolute atomic E-state index is 0.0610. The Labute approximate surface area is 113 Å². The summed E-state index contributed by atoms with van der Waals surface area (Å²) in [5, 5.41) is 8.69. The Morgan fingerprint density at radius 2 is 2.05 bits per heavy atom. The van der Waals surface area contributed by atoms with E-state index in [1.807, 2.05) is 0 Å². The molecule has 4 nitrogen and oxygen atoms in total. The molecule has 1 N–H and O–H groups in total. The number of anilines is 1. The highest BCUT2D eigenvalue weighted by Gasteiger charge is 2.32. The smallest absolute Gasteiger partial charge is 0.395 e. The molecule has 0 aliphatic carbocycles. The molecule has 1 rings (SSSR count). The van der Waals surface area contributed by atoms with Gasteiger partial charge in [0, 0.05) is 20.2 Å². The lowest BCUT2D eigenvalue weighted by Crippen LogP contribution is -2.31.